The van der Waals surface area contributed by atoms with Gasteiger partial charge in [0.05, 0.1) is 0 Å². The van der Waals surface area contributed by atoms with Gasteiger partial charge in [0.1, 0.15) is 23.5 Å². The molecule has 3 rings (SSSR count). The smallest absolute Gasteiger partial charge is 0.270 e. The third-order valence-corrected chi connectivity index (χ3v) is 5.93. The van der Waals surface area contributed by atoms with Gasteiger partial charge in [0.15, 0.2) is 5.84 Å². The van der Waals surface area contributed by atoms with Gasteiger partial charge in [-0.25, -0.2) is 20.2 Å². The Kier molecular flexibility index (Phi) is 9.23. The number of nitrogens with two attached hydrogens (primary N) is 2. The van der Waals surface area contributed by atoms with Gasteiger partial charge in [0, 0.05) is 24.2 Å². The highest BCUT2D eigenvalue weighted by molar-refractivity contribution is 6.01. The summed E-state index contributed by atoms with van der Waals surface area (Å²) in [5.74, 6) is 10.2. The first-order valence-corrected chi connectivity index (χ1v) is 11.6. The monoisotopic (exact) mass is 494 g/mol. The number of nitrogens with one attached hydrogen (secondary N) is 3. The van der Waals surface area contributed by atoms with Gasteiger partial charge in [0.25, 0.3) is 11.8 Å². The Balaban J connectivity index is 1.62. The number of hydrazone groups is 1. The number of amidine groups is 1. The average molecular weight is 495 g/mol. The van der Waals surface area contributed by atoms with E-state index in [0.717, 1.165) is 36.0 Å². The van der Waals surface area contributed by atoms with Crippen molar-refractivity contribution >= 4 is 17.6 Å². The lowest BCUT2D eigenvalue weighted by molar-refractivity contribution is 0.0929. The van der Waals surface area contributed by atoms with Crippen LogP contribution in [-0.4, -0.2) is 33.7 Å². The van der Waals surface area contributed by atoms with Gasteiger partial charge < -0.3 is 21.9 Å². The van der Waals surface area contributed by atoms with Crippen LogP contribution in [-0.2, 0) is 6.54 Å². The predicted octanol–water partition coefficient (Wildman–Crippen LogP) is 2.13. The molecule has 36 heavy (non-hydrogen) atoms. The molecule has 1 heterocycles. The van der Waals surface area contributed by atoms with Crippen LogP contribution < -0.4 is 27.7 Å². The number of benzene rings is 1. The number of aryl methyl sites for hydroxylation is 1. The van der Waals surface area contributed by atoms with E-state index in [1.54, 1.807) is 19.1 Å². The number of aromatic nitrogens is 2. The summed E-state index contributed by atoms with van der Waals surface area (Å²) >= 11 is 0. The van der Waals surface area contributed by atoms with Gasteiger partial charge >= 0.3 is 0 Å². The van der Waals surface area contributed by atoms with Crippen molar-refractivity contribution in [1.29, 1.82) is 0 Å². The maximum absolute atomic E-state index is 13.4. The molecule has 0 spiro atoms. The van der Waals surface area contributed by atoms with Crippen molar-refractivity contribution in [3.05, 3.63) is 82.2 Å². The molecule has 11 heteroatoms. The Morgan fingerprint density at radius 1 is 1.17 bits per heavy atom. The third-order valence-electron chi connectivity index (χ3n) is 5.93. The molecule has 1 aliphatic rings. The Hall–Kier alpha value is -4.12. The third kappa shape index (κ3) is 6.95. The topological polar surface area (TPSA) is 160 Å². The first kappa shape index (κ1) is 26.5. The second kappa shape index (κ2) is 12.5. The molecule has 2 amide bonds. The van der Waals surface area contributed by atoms with Gasteiger partial charge in [0.2, 0.25) is 0 Å². The Morgan fingerprint density at radius 2 is 1.92 bits per heavy atom. The molecule has 7 N–H and O–H groups in total. The first-order chi connectivity index (χ1) is 17.3. The molecule has 0 saturated carbocycles. The van der Waals surface area contributed by atoms with Crippen LogP contribution >= 0.6 is 0 Å². The zero-order valence-corrected chi connectivity index (χ0v) is 20.3. The summed E-state index contributed by atoms with van der Waals surface area (Å²) < 4.78 is 13.4. The molecule has 1 atom stereocenters. The average Bonchev–Trinajstić information content (AvgIpc) is 2.96. The SMILES string of the molecule is C/C1=C(\C(=N\N)NN)/C=C\CC(NC(=O)c2cc(C(=O)NCc3ccc(F)c(C)c3)ncn2)CCC1. The Bertz CT molecular complexity index is 1210. The number of hydrazine groups is 1. The van der Waals surface area contributed by atoms with Gasteiger partial charge in [-0.1, -0.05) is 29.9 Å². The lowest BCUT2D eigenvalue weighted by Gasteiger charge is -2.16. The zero-order valence-electron chi connectivity index (χ0n) is 20.3. The van der Waals surface area contributed by atoms with Crippen LogP contribution in [0.3, 0.4) is 0 Å². The zero-order chi connectivity index (χ0) is 26.1. The number of halogens is 1. The number of rotatable bonds is 6. The van der Waals surface area contributed by atoms with E-state index in [2.05, 4.69) is 31.1 Å². The van der Waals surface area contributed by atoms with Gasteiger partial charge in [-0.2, -0.15) is 5.10 Å². The van der Waals surface area contributed by atoms with Crippen LogP contribution in [0.5, 0.6) is 0 Å². The number of carbonyl (C=O) groups excluding carboxylic acids is 2. The van der Waals surface area contributed by atoms with Crippen LogP contribution in [0, 0.1) is 12.7 Å². The van der Waals surface area contributed by atoms with Crippen LogP contribution in [0.25, 0.3) is 0 Å². The molecule has 2 aromatic rings. The van der Waals surface area contributed by atoms with E-state index in [1.807, 2.05) is 19.1 Å². The summed E-state index contributed by atoms with van der Waals surface area (Å²) in [5, 5.41) is 9.41. The standard InChI is InChI=1S/C25H31FN8O2/c1-15-5-3-6-18(7-4-8-19(15)23(33-27)34-28)32-25(36)22-12-21(30-14-31-22)24(35)29-13-17-9-10-20(26)16(2)11-17/h4,8-12,14,18H,3,5-7,13,27-28H2,1-2H3,(H,29,35)(H,32,36)(H,33,34)/b8-4-,19-15+. The molecule has 1 aliphatic carbocycles. The highest BCUT2D eigenvalue weighted by Crippen LogP contribution is 2.19. The fourth-order valence-electron chi connectivity index (χ4n) is 3.91. The van der Waals surface area contributed by atoms with E-state index in [1.165, 1.54) is 18.5 Å². The number of nitrogens with zero attached hydrogens (tertiary/aromatic N) is 3. The highest BCUT2D eigenvalue weighted by Gasteiger charge is 2.18. The number of hydrogen-bond donors (Lipinski definition) is 5. The maximum atomic E-state index is 13.4. The normalized spacial score (nSPS) is 19.4. The summed E-state index contributed by atoms with van der Waals surface area (Å²) in [6.45, 7) is 3.85. The summed E-state index contributed by atoms with van der Waals surface area (Å²) in [6.07, 6.45) is 7.97. The van der Waals surface area contributed by atoms with Crippen molar-refractivity contribution in [3.63, 3.8) is 0 Å². The van der Waals surface area contributed by atoms with Crippen LogP contribution in [0.15, 0.2) is 59.0 Å². The van der Waals surface area contributed by atoms with Crippen LogP contribution in [0.2, 0.25) is 0 Å². The second-order valence-electron chi connectivity index (χ2n) is 8.57. The van der Waals surface area contributed by atoms with Crippen molar-refractivity contribution < 1.29 is 14.0 Å². The van der Waals surface area contributed by atoms with E-state index in [4.69, 9.17) is 11.7 Å². The van der Waals surface area contributed by atoms with E-state index in [9.17, 15) is 14.0 Å². The van der Waals surface area contributed by atoms with Gasteiger partial charge in [-0.3, -0.25) is 9.59 Å². The molecule has 1 aromatic carbocycles. The van der Waals surface area contributed by atoms with E-state index in [-0.39, 0.29) is 29.8 Å². The number of allylic oxidation sites excluding steroid dienone is 1. The van der Waals surface area contributed by atoms with Crippen molar-refractivity contribution in [3.8, 4) is 0 Å². The quantitative estimate of drug-likeness (QED) is 0.178. The van der Waals surface area contributed by atoms with Crippen LogP contribution in [0.1, 0.15) is 64.7 Å². The molecular weight excluding hydrogens is 463 g/mol. The van der Waals surface area contributed by atoms with Crippen molar-refractivity contribution in [2.75, 3.05) is 0 Å². The first-order valence-electron chi connectivity index (χ1n) is 11.6. The highest BCUT2D eigenvalue weighted by atomic mass is 19.1. The van der Waals surface area contributed by atoms with E-state index in [0.29, 0.717) is 17.8 Å². The molecule has 0 fully saturated rings. The molecule has 1 unspecified atom stereocenters. The van der Waals surface area contributed by atoms with Crippen molar-refractivity contribution in [2.24, 2.45) is 16.8 Å². The van der Waals surface area contributed by atoms with E-state index < -0.39 is 11.8 Å². The predicted molar refractivity (Wildman–Crippen MR) is 135 cm³/mol. The number of hydrogen-bond acceptors (Lipinski definition) is 7. The maximum Gasteiger partial charge on any atom is 0.270 e. The molecule has 0 bridgehead atoms. The molecule has 190 valence electrons. The molecule has 10 nitrogen and oxygen atoms in total. The lowest BCUT2D eigenvalue weighted by Crippen LogP contribution is -2.35. The van der Waals surface area contributed by atoms with E-state index >= 15 is 0 Å². The Morgan fingerprint density at radius 3 is 2.61 bits per heavy atom. The van der Waals surface area contributed by atoms with Crippen molar-refractivity contribution in [1.82, 2.24) is 26.0 Å². The van der Waals surface area contributed by atoms with Gasteiger partial charge in [-0.15, -0.1) is 0 Å². The second-order valence-corrected chi connectivity index (χ2v) is 8.57. The molecule has 0 radical (unpaired) electrons. The molecule has 0 aliphatic heterocycles. The summed E-state index contributed by atoms with van der Waals surface area (Å²) in [5.41, 5.74) is 5.83. The largest absolute Gasteiger partial charge is 0.348 e. The number of amides is 2. The van der Waals surface area contributed by atoms with Gasteiger partial charge in [-0.05, 0) is 56.7 Å². The minimum absolute atomic E-state index is 0.0655. The fourth-order valence-corrected chi connectivity index (χ4v) is 3.91. The lowest BCUT2D eigenvalue weighted by atomic mass is 10.0. The summed E-state index contributed by atoms with van der Waals surface area (Å²) in [7, 11) is 0. The molecule has 0 saturated heterocycles. The molecule has 1 aromatic heterocycles. The minimum Gasteiger partial charge on any atom is -0.348 e. The Labute approximate surface area is 209 Å². The minimum atomic E-state index is -0.459. The summed E-state index contributed by atoms with van der Waals surface area (Å²) in [4.78, 5) is 33.5. The fraction of sp³-hybridized carbons (Fsp3) is 0.320. The number of carbonyl (C=O) groups is 2. The van der Waals surface area contributed by atoms with Crippen molar-refractivity contribution in [2.45, 2.75) is 52.1 Å². The summed E-state index contributed by atoms with van der Waals surface area (Å²) in [6, 6.07) is 5.85. The van der Waals surface area contributed by atoms with Crippen LogP contribution in [0.4, 0.5) is 4.39 Å². The molecular formula is C25H31FN8O2.